The minimum absolute atomic E-state index is 0.122. The lowest BCUT2D eigenvalue weighted by Crippen LogP contribution is -2.13. The molecule has 0 radical (unpaired) electrons. The maximum atomic E-state index is 12.1. The third-order valence-corrected chi connectivity index (χ3v) is 3.15. The molecule has 0 aliphatic heterocycles. The van der Waals surface area contributed by atoms with Crippen molar-refractivity contribution in [3.63, 3.8) is 0 Å². The van der Waals surface area contributed by atoms with Crippen LogP contribution in [0.5, 0.6) is 11.5 Å². The number of nitrogens with zero attached hydrogens (tertiary/aromatic N) is 1. The Bertz CT molecular complexity index is 661. The highest BCUT2D eigenvalue weighted by molar-refractivity contribution is 9.10. The maximum absolute atomic E-state index is 12.1. The Morgan fingerprint density at radius 1 is 1.45 bits per heavy atom. The topological polar surface area (TPSA) is 97.5 Å². The molecule has 0 spiro atoms. The molecule has 7 heteroatoms. The minimum atomic E-state index is -0.483. The van der Waals surface area contributed by atoms with Crippen molar-refractivity contribution in [2.45, 2.75) is 0 Å². The van der Waals surface area contributed by atoms with Gasteiger partial charge in [0.15, 0.2) is 0 Å². The van der Waals surface area contributed by atoms with Gasteiger partial charge in [0.2, 0.25) is 0 Å². The number of aromatic nitrogens is 1. The number of pyridine rings is 1. The molecule has 0 aliphatic carbocycles. The van der Waals surface area contributed by atoms with Crippen molar-refractivity contribution in [2.75, 3.05) is 18.2 Å². The van der Waals surface area contributed by atoms with Crippen molar-refractivity contribution < 1.29 is 14.6 Å². The molecule has 0 fully saturated rings. The van der Waals surface area contributed by atoms with Crippen LogP contribution in [-0.2, 0) is 0 Å². The molecule has 2 rings (SSSR count). The fraction of sp³-hybridized carbons (Fsp3) is 0.0769. The largest absolute Gasteiger partial charge is 0.507 e. The van der Waals surface area contributed by atoms with Gasteiger partial charge in [-0.05, 0) is 34.1 Å². The first kappa shape index (κ1) is 14.1. The molecule has 0 saturated heterocycles. The number of hydrogen-bond acceptors (Lipinski definition) is 5. The molecule has 6 nitrogen and oxygen atoms in total. The number of halogens is 1. The Kier molecular flexibility index (Phi) is 4.09. The highest BCUT2D eigenvalue weighted by atomic mass is 79.9. The van der Waals surface area contributed by atoms with Gasteiger partial charge in [-0.25, -0.2) is 4.98 Å². The first-order valence-electron chi connectivity index (χ1n) is 5.60. The van der Waals surface area contributed by atoms with Crippen LogP contribution >= 0.6 is 15.9 Å². The zero-order valence-electron chi connectivity index (χ0n) is 10.6. The van der Waals surface area contributed by atoms with Crippen LogP contribution in [0.2, 0.25) is 0 Å². The van der Waals surface area contributed by atoms with Gasteiger partial charge in [0.05, 0.1) is 29.0 Å². The minimum Gasteiger partial charge on any atom is -0.507 e. The van der Waals surface area contributed by atoms with Crippen molar-refractivity contribution in [2.24, 2.45) is 0 Å². The van der Waals surface area contributed by atoms with Crippen LogP contribution in [0.1, 0.15) is 10.4 Å². The van der Waals surface area contributed by atoms with E-state index in [0.29, 0.717) is 21.7 Å². The smallest absolute Gasteiger partial charge is 0.260 e. The molecule has 4 N–H and O–H groups in total. The predicted molar refractivity (Wildman–Crippen MR) is 79.0 cm³/mol. The van der Waals surface area contributed by atoms with Gasteiger partial charge in [0.1, 0.15) is 17.3 Å². The summed E-state index contributed by atoms with van der Waals surface area (Å²) < 4.78 is 5.51. The Morgan fingerprint density at radius 2 is 2.20 bits per heavy atom. The Labute approximate surface area is 123 Å². The fourth-order valence-corrected chi connectivity index (χ4v) is 2.02. The number of ether oxygens (including phenoxy) is 1. The van der Waals surface area contributed by atoms with Gasteiger partial charge in [-0.3, -0.25) is 4.79 Å². The molecule has 20 heavy (non-hydrogen) atoms. The van der Waals surface area contributed by atoms with Gasteiger partial charge >= 0.3 is 0 Å². The number of nitrogens with two attached hydrogens (primary N) is 1. The SMILES string of the molecule is COc1ccc(C(=O)Nc2ncc(N)cc2Br)c(O)c1. The molecule has 0 atom stereocenters. The molecule has 0 saturated carbocycles. The Hall–Kier alpha value is -2.28. The maximum Gasteiger partial charge on any atom is 0.260 e. The summed E-state index contributed by atoms with van der Waals surface area (Å²) in [4.78, 5) is 16.1. The van der Waals surface area contributed by atoms with E-state index in [1.165, 1.54) is 25.4 Å². The molecule has 1 aromatic heterocycles. The molecule has 1 heterocycles. The third kappa shape index (κ3) is 3.00. The number of carbonyl (C=O) groups excluding carboxylic acids is 1. The second-order valence-electron chi connectivity index (χ2n) is 3.94. The average Bonchev–Trinajstić information content (AvgIpc) is 2.41. The van der Waals surface area contributed by atoms with E-state index in [9.17, 15) is 9.90 Å². The van der Waals surface area contributed by atoms with E-state index >= 15 is 0 Å². The zero-order chi connectivity index (χ0) is 14.7. The van der Waals surface area contributed by atoms with Gasteiger partial charge in [0.25, 0.3) is 5.91 Å². The Balaban J connectivity index is 2.24. The van der Waals surface area contributed by atoms with Gasteiger partial charge in [-0.1, -0.05) is 0 Å². The van der Waals surface area contributed by atoms with Crippen LogP contribution < -0.4 is 15.8 Å². The highest BCUT2D eigenvalue weighted by Gasteiger charge is 2.14. The van der Waals surface area contributed by atoms with Crippen LogP contribution in [0, 0.1) is 0 Å². The molecule has 1 aromatic carbocycles. The number of aromatic hydroxyl groups is 1. The number of rotatable bonds is 3. The summed E-state index contributed by atoms with van der Waals surface area (Å²) in [5.41, 5.74) is 6.16. The molecule has 1 amide bonds. The number of benzene rings is 1. The summed E-state index contributed by atoms with van der Waals surface area (Å²) in [6, 6.07) is 6.03. The van der Waals surface area contributed by atoms with E-state index in [1.807, 2.05) is 0 Å². The second-order valence-corrected chi connectivity index (χ2v) is 4.79. The van der Waals surface area contributed by atoms with Gasteiger partial charge < -0.3 is 20.9 Å². The molecule has 0 bridgehead atoms. The number of nitrogens with one attached hydrogen (secondary N) is 1. The highest BCUT2D eigenvalue weighted by Crippen LogP contribution is 2.26. The third-order valence-electron chi connectivity index (χ3n) is 2.54. The molecule has 2 aromatic rings. The monoisotopic (exact) mass is 337 g/mol. The number of anilines is 2. The quantitative estimate of drug-likeness (QED) is 0.798. The molecular formula is C13H12BrN3O3. The van der Waals surface area contributed by atoms with Crippen molar-refractivity contribution in [1.29, 1.82) is 0 Å². The summed E-state index contributed by atoms with van der Waals surface area (Å²) in [7, 11) is 1.48. The summed E-state index contributed by atoms with van der Waals surface area (Å²) in [6.07, 6.45) is 1.42. The van der Waals surface area contributed by atoms with E-state index < -0.39 is 5.91 Å². The van der Waals surface area contributed by atoms with Crippen molar-refractivity contribution in [3.8, 4) is 11.5 Å². The van der Waals surface area contributed by atoms with E-state index in [4.69, 9.17) is 10.5 Å². The zero-order valence-corrected chi connectivity index (χ0v) is 12.1. The van der Waals surface area contributed by atoms with E-state index in [1.54, 1.807) is 12.1 Å². The van der Waals surface area contributed by atoms with Gasteiger partial charge in [0, 0.05) is 6.07 Å². The molecule has 0 unspecified atom stereocenters. The number of hydrogen-bond donors (Lipinski definition) is 3. The number of phenolic OH excluding ortho intramolecular Hbond substituents is 1. The average molecular weight is 338 g/mol. The van der Waals surface area contributed by atoms with Crippen LogP contribution in [-0.4, -0.2) is 23.1 Å². The summed E-state index contributed by atoms with van der Waals surface area (Å²) >= 11 is 3.25. The molecule has 104 valence electrons. The fourth-order valence-electron chi connectivity index (χ4n) is 1.55. The first-order chi connectivity index (χ1) is 9.51. The number of carbonyl (C=O) groups is 1. The normalized spacial score (nSPS) is 10.1. The molecular weight excluding hydrogens is 326 g/mol. The van der Waals surface area contributed by atoms with Crippen molar-refractivity contribution in [1.82, 2.24) is 4.98 Å². The Morgan fingerprint density at radius 3 is 2.80 bits per heavy atom. The molecule has 0 aliphatic rings. The number of phenols is 1. The van der Waals surface area contributed by atoms with E-state index in [0.717, 1.165) is 0 Å². The number of nitrogen functional groups attached to an aromatic ring is 1. The van der Waals surface area contributed by atoms with Gasteiger partial charge in [-0.2, -0.15) is 0 Å². The number of amides is 1. The summed E-state index contributed by atoms with van der Waals surface area (Å²) in [5, 5.41) is 12.4. The lowest BCUT2D eigenvalue weighted by atomic mass is 10.2. The van der Waals surface area contributed by atoms with Crippen LogP contribution in [0.4, 0.5) is 11.5 Å². The van der Waals surface area contributed by atoms with E-state index in [2.05, 4.69) is 26.2 Å². The van der Waals surface area contributed by atoms with E-state index in [-0.39, 0.29) is 11.3 Å². The summed E-state index contributed by atoms with van der Waals surface area (Å²) in [6.45, 7) is 0. The predicted octanol–water partition coefficient (Wildman–Crippen LogP) is 2.39. The number of methoxy groups -OCH3 is 1. The van der Waals surface area contributed by atoms with Crippen LogP contribution in [0.15, 0.2) is 34.9 Å². The lowest BCUT2D eigenvalue weighted by molar-refractivity contribution is 0.102. The van der Waals surface area contributed by atoms with Crippen molar-refractivity contribution >= 4 is 33.3 Å². The first-order valence-corrected chi connectivity index (χ1v) is 6.40. The van der Waals surface area contributed by atoms with Crippen molar-refractivity contribution in [3.05, 3.63) is 40.5 Å². The summed E-state index contributed by atoms with van der Waals surface area (Å²) in [5.74, 6) is 0.127. The lowest BCUT2D eigenvalue weighted by Gasteiger charge is -2.09. The van der Waals surface area contributed by atoms with Crippen LogP contribution in [0.3, 0.4) is 0 Å². The standard InChI is InChI=1S/C13H12BrN3O3/c1-20-8-2-3-9(11(18)5-8)13(19)17-12-10(14)4-7(15)6-16-12/h2-6,18H,15H2,1H3,(H,16,17,19). The second kappa shape index (κ2) is 5.79. The van der Waals surface area contributed by atoms with Gasteiger partial charge in [-0.15, -0.1) is 0 Å². The van der Waals surface area contributed by atoms with Crippen LogP contribution in [0.25, 0.3) is 0 Å².